The Bertz CT molecular complexity index is 815. The van der Waals surface area contributed by atoms with Crippen molar-refractivity contribution >= 4 is 26.2 Å². The quantitative estimate of drug-likeness (QED) is 0.254. The fourth-order valence-corrected chi connectivity index (χ4v) is 5.61. The Morgan fingerprint density at radius 2 is 1.82 bits per heavy atom. The highest BCUT2D eigenvalue weighted by Crippen LogP contribution is 2.52. The van der Waals surface area contributed by atoms with Crippen LogP contribution in [-0.4, -0.2) is 47.9 Å². The van der Waals surface area contributed by atoms with Crippen molar-refractivity contribution in [1.29, 1.82) is 0 Å². The van der Waals surface area contributed by atoms with Crippen LogP contribution in [0.5, 0.6) is 5.75 Å². The summed E-state index contributed by atoms with van der Waals surface area (Å²) < 4.78 is 12.5. The molecule has 0 saturated heterocycles. The summed E-state index contributed by atoms with van der Waals surface area (Å²) in [4.78, 5) is 21.5. The Kier molecular flexibility index (Phi) is 8.90. The molecular formula is C24H43N3O4SSi. The number of hydrogen-bond donors (Lipinski definition) is 2. The smallest absolute Gasteiger partial charge is 0.407 e. The molecule has 1 fully saturated rings. The fraction of sp³-hybridized carbons (Fsp3) is 0.792. The number of carbonyl (C=O) groups excluding carboxylic acids is 1. The third kappa shape index (κ3) is 7.33. The second kappa shape index (κ2) is 10.5. The second-order valence-corrected chi connectivity index (χ2v) is 17.2. The molecule has 1 aromatic rings. The number of thioether (sulfide) groups is 1. The van der Waals surface area contributed by atoms with Gasteiger partial charge in [-0.05, 0) is 58.0 Å². The van der Waals surface area contributed by atoms with Crippen LogP contribution >= 0.6 is 11.8 Å². The van der Waals surface area contributed by atoms with E-state index in [4.69, 9.17) is 14.1 Å². The summed E-state index contributed by atoms with van der Waals surface area (Å²) in [6.07, 6.45) is 7.46. The van der Waals surface area contributed by atoms with Crippen LogP contribution in [0.3, 0.4) is 0 Å². The summed E-state index contributed by atoms with van der Waals surface area (Å²) in [6.45, 7) is 17.0. The van der Waals surface area contributed by atoms with Gasteiger partial charge in [-0.15, -0.1) is 0 Å². The minimum absolute atomic E-state index is 0.0231. The number of aromatic nitrogens is 2. The van der Waals surface area contributed by atoms with Crippen LogP contribution in [0, 0.1) is 5.41 Å². The third-order valence-electron chi connectivity index (χ3n) is 6.81. The third-order valence-corrected chi connectivity index (χ3v) is 11.8. The van der Waals surface area contributed by atoms with Crippen LogP contribution in [0.25, 0.3) is 0 Å². The molecule has 0 aliphatic heterocycles. The highest BCUT2D eigenvalue weighted by molar-refractivity contribution is 7.98. The van der Waals surface area contributed by atoms with Crippen LogP contribution < -0.4 is 5.32 Å². The highest BCUT2D eigenvalue weighted by atomic mass is 32.2. The fourth-order valence-electron chi connectivity index (χ4n) is 3.96. The van der Waals surface area contributed by atoms with Crippen LogP contribution in [0.15, 0.2) is 11.4 Å². The molecule has 0 spiro atoms. The predicted octanol–water partition coefficient (Wildman–Crippen LogP) is 6.44. The standard InChI is InChI=1S/C24H43N3O4SSi/c1-22(2,3)30-21(29)26-16-24(13-11-10-12-14-24)19(31-33(8,9)23(4,5)6)18-17(28)15-25-20(27-18)32-7/h15,19,28H,10-14,16H2,1-9H3,(H,26,29). The molecule has 9 heteroatoms. The second-order valence-electron chi connectivity index (χ2n) is 11.7. The van der Waals surface area contributed by atoms with E-state index >= 15 is 0 Å². The molecule has 1 aromatic heterocycles. The molecule has 188 valence electrons. The minimum Gasteiger partial charge on any atom is -0.504 e. The van der Waals surface area contributed by atoms with Gasteiger partial charge in [0.2, 0.25) is 0 Å². The molecule has 33 heavy (non-hydrogen) atoms. The largest absolute Gasteiger partial charge is 0.504 e. The van der Waals surface area contributed by atoms with Crippen molar-refractivity contribution in [3.05, 3.63) is 11.9 Å². The number of hydrogen-bond acceptors (Lipinski definition) is 7. The number of rotatable bonds is 7. The molecule has 1 atom stereocenters. The van der Waals surface area contributed by atoms with Crippen molar-refractivity contribution in [3.63, 3.8) is 0 Å². The van der Waals surface area contributed by atoms with Crippen molar-refractivity contribution in [2.75, 3.05) is 12.8 Å². The van der Waals surface area contributed by atoms with E-state index in [-0.39, 0.29) is 10.8 Å². The van der Waals surface area contributed by atoms with E-state index in [1.807, 2.05) is 27.0 Å². The van der Waals surface area contributed by atoms with Crippen molar-refractivity contribution in [3.8, 4) is 5.75 Å². The first-order chi connectivity index (χ1) is 15.1. The van der Waals surface area contributed by atoms with E-state index in [1.54, 1.807) is 0 Å². The molecule has 0 bridgehead atoms. The maximum absolute atomic E-state index is 12.6. The zero-order valence-electron chi connectivity index (χ0n) is 21.9. The Morgan fingerprint density at radius 3 is 2.33 bits per heavy atom. The summed E-state index contributed by atoms with van der Waals surface area (Å²) in [7, 11) is -2.25. The number of nitrogens with zero attached hydrogens (tertiary/aromatic N) is 2. The number of alkyl carbamates (subject to hydrolysis) is 1. The lowest BCUT2D eigenvalue weighted by Crippen LogP contribution is -2.50. The Balaban J connectivity index is 2.53. The van der Waals surface area contributed by atoms with Crippen LogP contribution in [0.1, 0.15) is 85.4 Å². The molecule has 1 unspecified atom stereocenters. The van der Waals surface area contributed by atoms with E-state index in [9.17, 15) is 9.90 Å². The van der Waals surface area contributed by atoms with E-state index in [0.29, 0.717) is 17.4 Å². The zero-order chi connectivity index (χ0) is 25.1. The lowest BCUT2D eigenvalue weighted by molar-refractivity contribution is -0.00522. The highest BCUT2D eigenvalue weighted by Gasteiger charge is 2.49. The van der Waals surface area contributed by atoms with Gasteiger partial charge < -0.3 is 19.6 Å². The topological polar surface area (TPSA) is 93.6 Å². The normalized spacial score (nSPS) is 18.0. The summed E-state index contributed by atoms with van der Waals surface area (Å²) >= 11 is 1.44. The maximum Gasteiger partial charge on any atom is 0.407 e. The lowest BCUT2D eigenvalue weighted by Gasteiger charge is -2.48. The number of carbonyl (C=O) groups is 1. The van der Waals surface area contributed by atoms with E-state index in [1.165, 1.54) is 18.0 Å². The first-order valence-electron chi connectivity index (χ1n) is 11.8. The summed E-state index contributed by atoms with van der Waals surface area (Å²) in [5.74, 6) is 0.0405. The average molecular weight is 498 g/mol. The van der Waals surface area contributed by atoms with Gasteiger partial charge in [-0.25, -0.2) is 14.8 Å². The number of aromatic hydroxyl groups is 1. The first-order valence-corrected chi connectivity index (χ1v) is 16.0. The van der Waals surface area contributed by atoms with Crippen molar-refractivity contribution in [2.24, 2.45) is 5.41 Å². The van der Waals surface area contributed by atoms with Crippen molar-refractivity contribution < 1.29 is 19.1 Å². The van der Waals surface area contributed by atoms with Crippen LogP contribution in [0.2, 0.25) is 18.1 Å². The zero-order valence-corrected chi connectivity index (χ0v) is 23.7. The molecule has 1 aliphatic carbocycles. The van der Waals surface area contributed by atoms with Gasteiger partial charge in [0.05, 0.1) is 12.3 Å². The molecule has 1 saturated carbocycles. The van der Waals surface area contributed by atoms with Gasteiger partial charge in [0, 0.05) is 12.0 Å². The monoisotopic (exact) mass is 497 g/mol. The molecular weight excluding hydrogens is 454 g/mol. The number of ether oxygens (including phenoxy) is 1. The van der Waals surface area contributed by atoms with Gasteiger partial charge in [-0.2, -0.15) is 0 Å². The van der Waals surface area contributed by atoms with Gasteiger partial charge in [0.25, 0.3) is 0 Å². The van der Waals surface area contributed by atoms with E-state index in [0.717, 1.165) is 32.1 Å². The SMILES string of the molecule is CSc1ncc(O)c(C(O[Si](C)(C)C(C)(C)C)C2(CNC(=O)OC(C)(C)C)CCCCC2)n1. The van der Waals surface area contributed by atoms with Crippen LogP contribution in [-0.2, 0) is 9.16 Å². The van der Waals surface area contributed by atoms with Crippen LogP contribution in [0.4, 0.5) is 4.79 Å². The Labute approximate surface area is 205 Å². The minimum atomic E-state index is -2.25. The number of amides is 1. The van der Waals surface area contributed by atoms with Crippen molar-refractivity contribution in [1.82, 2.24) is 15.3 Å². The number of nitrogens with one attached hydrogen (secondary N) is 1. The Hall–Kier alpha value is -1.32. The summed E-state index contributed by atoms with van der Waals surface area (Å²) in [5, 5.41) is 14.5. The average Bonchev–Trinajstić information content (AvgIpc) is 2.70. The van der Waals surface area contributed by atoms with Gasteiger partial charge in [0.1, 0.15) is 11.3 Å². The van der Waals surface area contributed by atoms with E-state index in [2.05, 4.69) is 44.2 Å². The predicted molar refractivity (Wildman–Crippen MR) is 136 cm³/mol. The van der Waals surface area contributed by atoms with Crippen molar-refractivity contribution in [2.45, 2.75) is 109 Å². The molecule has 1 amide bonds. The molecule has 1 aliphatic rings. The van der Waals surface area contributed by atoms with E-state index < -0.39 is 31.5 Å². The molecule has 2 rings (SSSR count). The van der Waals surface area contributed by atoms with Gasteiger partial charge in [-0.3, -0.25) is 0 Å². The molecule has 0 radical (unpaired) electrons. The molecule has 1 heterocycles. The maximum atomic E-state index is 12.6. The van der Waals surface area contributed by atoms with Gasteiger partial charge >= 0.3 is 6.09 Å². The van der Waals surface area contributed by atoms with Gasteiger partial charge in [0.15, 0.2) is 19.2 Å². The lowest BCUT2D eigenvalue weighted by atomic mass is 9.69. The summed E-state index contributed by atoms with van der Waals surface area (Å²) in [5.41, 5.74) is -0.447. The Morgan fingerprint density at radius 1 is 1.21 bits per heavy atom. The molecule has 2 N–H and O–H groups in total. The first kappa shape index (κ1) is 27.9. The van der Waals surface area contributed by atoms with Gasteiger partial charge in [-0.1, -0.05) is 51.8 Å². The molecule has 0 aromatic carbocycles. The molecule has 7 nitrogen and oxygen atoms in total. The summed E-state index contributed by atoms with van der Waals surface area (Å²) in [6, 6.07) is 0.